The van der Waals surface area contributed by atoms with E-state index in [0.29, 0.717) is 15.8 Å². The molecular weight excluding hydrogens is 246 g/mol. The topological polar surface area (TPSA) is 26.3 Å². The van der Waals surface area contributed by atoms with Crippen LogP contribution in [0.4, 0.5) is 0 Å². The van der Waals surface area contributed by atoms with E-state index in [1.165, 1.54) is 6.07 Å². The Hall–Kier alpha value is -0.440. The van der Waals surface area contributed by atoms with E-state index >= 15 is 0 Å². The van der Waals surface area contributed by atoms with Crippen molar-refractivity contribution < 1.29 is 9.53 Å². The number of ether oxygens (including phenoxy) is 1. The molecular formula is C9H7Cl3O2. The summed E-state index contributed by atoms with van der Waals surface area (Å²) in [5.74, 6) is 0.387. The molecule has 1 rings (SSSR count). The molecule has 5 heteroatoms. The minimum absolute atomic E-state index is 0.349. The lowest BCUT2D eigenvalue weighted by Crippen LogP contribution is -2.18. The molecule has 0 heterocycles. The predicted octanol–water partition coefficient (Wildman–Crippen LogP) is 3.53. The van der Waals surface area contributed by atoms with Gasteiger partial charge in [-0.1, -0.05) is 23.2 Å². The molecule has 1 aromatic carbocycles. The standard InChI is InChI=1S/C9H7Cl3O2/c1-5(9(12)13)14-8-3-2-6(10)4-7(8)11/h2-5H,1H3/t5-/m0/s1. The molecule has 0 radical (unpaired) electrons. The fourth-order valence-corrected chi connectivity index (χ4v) is 1.31. The van der Waals surface area contributed by atoms with E-state index in [4.69, 9.17) is 39.5 Å². The van der Waals surface area contributed by atoms with Gasteiger partial charge in [0.25, 0.3) is 5.24 Å². The molecule has 0 aliphatic rings. The molecule has 0 aliphatic heterocycles. The first-order chi connectivity index (χ1) is 6.50. The van der Waals surface area contributed by atoms with Crippen LogP contribution < -0.4 is 4.74 Å². The van der Waals surface area contributed by atoms with Gasteiger partial charge in [-0.15, -0.1) is 0 Å². The molecule has 2 nitrogen and oxygen atoms in total. The van der Waals surface area contributed by atoms with Gasteiger partial charge >= 0.3 is 0 Å². The molecule has 0 saturated carbocycles. The highest BCUT2D eigenvalue weighted by atomic mass is 35.5. The van der Waals surface area contributed by atoms with Crippen LogP contribution >= 0.6 is 34.8 Å². The first-order valence-electron chi connectivity index (χ1n) is 3.81. The summed E-state index contributed by atoms with van der Waals surface area (Å²) in [6, 6.07) is 4.74. The number of hydrogen-bond acceptors (Lipinski definition) is 2. The largest absolute Gasteiger partial charge is 0.480 e. The molecule has 0 unspecified atom stereocenters. The van der Waals surface area contributed by atoms with Crippen molar-refractivity contribution in [3.63, 3.8) is 0 Å². The Morgan fingerprint density at radius 3 is 2.57 bits per heavy atom. The van der Waals surface area contributed by atoms with Gasteiger partial charge in [0.05, 0.1) is 5.02 Å². The SMILES string of the molecule is C[C@H](Oc1ccc(Cl)cc1Cl)C(=O)Cl. The summed E-state index contributed by atoms with van der Waals surface area (Å²) in [5, 5.41) is 0.283. The van der Waals surface area contributed by atoms with Crippen molar-refractivity contribution in [3.05, 3.63) is 28.2 Å². The van der Waals surface area contributed by atoms with Crippen LogP contribution in [0.5, 0.6) is 5.75 Å². The zero-order valence-electron chi connectivity index (χ0n) is 7.26. The molecule has 0 aliphatic carbocycles. The van der Waals surface area contributed by atoms with Gasteiger partial charge in [0.1, 0.15) is 5.75 Å². The smallest absolute Gasteiger partial charge is 0.262 e. The Bertz CT molecular complexity index is 352. The van der Waals surface area contributed by atoms with Crippen molar-refractivity contribution in [1.82, 2.24) is 0 Å². The van der Waals surface area contributed by atoms with Gasteiger partial charge in [-0.05, 0) is 36.7 Å². The van der Waals surface area contributed by atoms with Crippen molar-refractivity contribution in [2.75, 3.05) is 0 Å². The summed E-state index contributed by atoms with van der Waals surface area (Å²) in [5.41, 5.74) is 0. The quantitative estimate of drug-likeness (QED) is 0.770. The second kappa shape index (κ2) is 4.87. The molecule has 1 atom stereocenters. The maximum Gasteiger partial charge on any atom is 0.262 e. The number of carbonyl (C=O) groups is 1. The van der Waals surface area contributed by atoms with E-state index in [0.717, 1.165) is 0 Å². The van der Waals surface area contributed by atoms with Crippen molar-refractivity contribution in [1.29, 1.82) is 0 Å². The number of hydrogen-bond donors (Lipinski definition) is 0. The first-order valence-corrected chi connectivity index (χ1v) is 4.95. The van der Waals surface area contributed by atoms with Crippen LogP contribution in [0.25, 0.3) is 0 Å². The fourth-order valence-electron chi connectivity index (χ4n) is 0.808. The van der Waals surface area contributed by atoms with Crippen LogP contribution in [0.3, 0.4) is 0 Å². The maximum atomic E-state index is 10.7. The molecule has 0 bridgehead atoms. The van der Waals surface area contributed by atoms with Gasteiger partial charge in [-0.2, -0.15) is 0 Å². The van der Waals surface area contributed by atoms with Crippen molar-refractivity contribution in [2.45, 2.75) is 13.0 Å². The monoisotopic (exact) mass is 252 g/mol. The summed E-state index contributed by atoms with van der Waals surface area (Å²) in [6.45, 7) is 1.54. The van der Waals surface area contributed by atoms with E-state index in [9.17, 15) is 4.79 Å². The fraction of sp³-hybridized carbons (Fsp3) is 0.222. The van der Waals surface area contributed by atoms with Gasteiger partial charge in [0.2, 0.25) is 0 Å². The van der Waals surface area contributed by atoms with Crippen LogP contribution in [0.1, 0.15) is 6.92 Å². The van der Waals surface area contributed by atoms with Gasteiger partial charge < -0.3 is 4.74 Å². The first kappa shape index (κ1) is 11.6. The Morgan fingerprint density at radius 1 is 1.43 bits per heavy atom. The Labute approximate surface area is 96.7 Å². The lowest BCUT2D eigenvalue weighted by Gasteiger charge is -2.11. The Kier molecular flexibility index (Phi) is 4.05. The Balaban J connectivity index is 2.82. The van der Waals surface area contributed by atoms with E-state index in [1.807, 2.05) is 0 Å². The average molecular weight is 254 g/mol. The molecule has 0 aromatic heterocycles. The third kappa shape index (κ3) is 3.05. The second-order valence-corrected chi connectivity index (χ2v) is 3.86. The lowest BCUT2D eigenvalue weighted by molar-refractivity contribution is -0.117. The molecule has 0 N–H and O–H groups in total. The third-order valence-corrected chi connectivity index (χ3v) is 2.36. The average Bonchev–Trinajstić information content (AvgIpc) is 2.09. The lowest BCUT2D eigenvalue weighted by atomic mass is 10.3. The van der Waals surface area contributed by atoms with Crippen LogP contribution in [0.15, 0.2) is 18.2 Å². The highest BCUT2D eigenvalue weighted by Gasteiger charge is 2.13. The summed E-state index contributed by atoms with van der Waals surface area (Å²) >= 11 is 16.7. The molecule has 1 aromatic rings. The highest BCUT2D eigenvalue weighted by Crippen LogP contribution is 2.28. The second-order valence-electron chi connectivity index (χ2n) is 2.64. The van der Waals surface area contributed by atoms with Crippen molar-refractivity contribution in [2.24, 2.45) is 0 Å². The van der Waals surface area contributed by atoms with E-state index < -0.39 is 11.3 Å². The van der Waals surface area contributed by atoms with Crippen molar-refractivity contribution >= 4 is 40.0 Å². The normalized spacial score (nSPS) is 12.3. The molecule has 0 amide bonds. The van der Waals surface area contributed by atoms with Gasteiger partial charge in [0.15, 0.2) is 6.10 Å². The summed E-state index contributed by atoms with van der Waals surface area (Å²) in [7, 11) is 0. The Morgan fingerprint density at radius 2 is 2.07 bits per heavy atom. The minimum Gasteiger partial charge on any atom is -0.480 e. The van der Waals surface area contributed by atoms with Crippen LogP contribution in [0.2, 0.25) is 10.0 Å². The van der Waals surface area contributed by atoms with Crippen LogP contribution in [0, 0.1) is 0 Å². The van der Waals surface area contributed by atoms with E-state index in [2.05, 4.69) is 0 Å². The highest BCUT2D eigenvalue weighted by molar-refractivity contribution is 6.64. The molecule has 14 heavy (non-hydrogen) atoms. The zero-order valence-corrected chi connectivity index (χ0v) is 9.53. The molecule has 76 valence electrons. The van der Waals surface area contributed by atoms with Crippen LogP contribution in [-0.4, -0.2) is 11.3 Å². The summed E-state index contributed by atoms with van der Waals surface area (Å²) < 4.78 is 5.19. The van der Waals surface area contributed by atoms with Crippen molar-refractivity contribution in [3.8, 4) is 5.75 Å². The maximum absolute atomic E-state index is 10.7. The predicted molar refractivity (Wildman–Crippen MR) is 57.4 cm³/mol. The third-order valence-electron chi connectivity index (χ3n) is 1.52. The number of halogens is 3. The van der Waals surface area contributed by atoms with Crippen LogP contribution in [-0.2, 0) is 4.79 Å². The minimum atomic E-state index is -0.727. The summed E-state index contributed by atoms with van der Waals surface area (Å²) in [4.78, 5) is 10.7. The van der Waals surface area contributed by atoms with Gasteiger partial charge in [-0.25, -0.2) is 0 Å². The van der Waals surface area contributed by atoms with E-state index in [-0.39, 0.29) is 0 Å². The molecule has 0 fully saturated rings. The number of benzene rings is 1. The zero-order chi connectivity index (χ0) is 10.7. The van der Waals surface area contributed by atoms with Gasteiger partial charge in [0, 0.05) is 5.02 Å². The number of rotatable bonds is 3. The van der Waals surface area contributed by atoms with E-state index in [1.54, 1.807) is 19.1 Å². The molecule has 0 saturated heterocycles. The number of carbonyl (C=O) groups excluding carboxylic acids is 1. The van der Waals surface area contributed by atoms with Gasteiger partial charge in [-0.3, -0.25) is 4.79 Å². The summed E-state index contributed by atoms with van der Waals surface area (Å²) in [6.07, 6.45) is -0.727. The molecule has 0 spiro atoms.